The number of rotatable bonds is 7. The lowest BCUT2D eigenvalue weighted by Crippen LogP contribution is -2.37. The predicted octanol–water partition coefficient (Wildman–Crippen LogP) is 2.96. The van der Waals surface area contributed by atoms with Crippen LogP contribution in [0, 0.1) is 17.7 Å². The number of nitrogens with zero attached hydrogens (tertiary/aromatic N) is 2. The lowest BCUT2D eigenvalue weighted by atomic mass is 10.0. The Morgan fingerprint density at radius 2 is 1.71 bits per heavy atom. The number of hydrogen-bond acceptors (Lipinski definition) is 4. The van der Waals surface area contributed by atoms with E-state index in [4.69, 9.17) is 0 Å². The van der Waals surface area contributed by atoms with Crippen molar-refractivity contribution in [2.45, 2.75) is 37.5 Å². The fraction of sp³-hybridized carbons (Fsp3) is 0.440. The van der Waals surface area contributed by atoms with Gasteiger partial charge < -0.3 is 10.2 Å². The second kappa shape index (κ2) is 10.2. The van der Waals surface area contributed by atoms with Gasteiger partial charge in [-0.1, -0.05) is 19.1 Å². The Morgan fingerprint density at radius 3 is 2.35 bits per heavy atom. The molecule has 2 fully saturated rings. The second-order valence-corrected chi connectivity index (χ2v) is 11.1. The SMILES string of the molecule is CC1CCN(S(=O)(=O)c2ccc(N3C[C@H](C(=O)NCCc4ccc(F)cc4)CC3=O)cc2)CC1. The zero-order valence-corrected chi connectivity index (χ0v) is 20.1. The van der Waals surface area contributed by atoms with Crippen molar-refractivity contribution in [3.63, 3.8) is 0 Å². The van der Waals surface area contributed by atoms with E-state index in [9.17, 15) is 22.4 Å². The van der Waals surface area contributed by atoms with Gasteiger partial charge in [0.25, 0.3) is 0 Å². The molecule has 2 heterocycles. The maximum Gasteiger partial charge on any atom is 0.243 e. The first-order valence-electron chi connectivity index (χ1n) is 11.7. The number of hydrogen-bond donors (Lipinski definition) is 1. The highest BCUT2D eigenvalue weighted by atomic mass is 32.2. The fourth-order valence-corrected chi connectivity index (χ4v) is 5.90. The number of sulfonamides is 1. The van der Waals surface area contributed by atoms with E-state index >= 15 is 0 Å². The van der Waals surface area contributed by atoms with E-state index in [1.165, 1.54) is 33.5 Å². The fourth-order valence-electron chi connectivity index (χ4n) is 4.43. The first-order valence-corrected chi connectivity index (χ1v) is 13.1. The summed E-state index contributed by atoms with van der Waals surface area (Å²) in [7, 11) is -3.55. The Bertz CT molecular complexity index is 1130. The summed E-state index contributed by atoms with van der Waals surface area (Å²) in [6.45, 7) is 3.82. The summed E-state index contributed by atoms with van der Waals surface area (Å²) in [5, 5.41) is 2.85. The Morgan fingerprint density at radius 1 is 1.06 bits per heavy atom. The first kappa shape index (κ1) is 24.3. The molecular formula is C25H30FN3O4S. The molecule has 0 bridgehead atoms. The molecule has 0 aromatic heterocycles. The lowest BCUT2D eigenvalue weighted by Gasteiger charge is -2.29. The van der Waals surface area contributed by atoms with Gasteiger partial charge in [-0.2, -0.15) is 4.31 Å². The Balaban J connectivity index is 1.33. The van der Waals surface area contributed by atoms with Crippen LogP contribution >= 0.6 is 0 Å². The molecule has 2 aromatic carbocycles. The van der Waals surface area contributed by atoms with Crippen molar-refractivity contribution in [3.05, 3.63) is 59.9 Å². The van der Waals surface area contributed by atoms with Gasteiger partial charge in [-0.3, -0.25) is 9.59 Å². The molecule has 9 heteroatoms. The topological polar surface area (TPSA) is 86.8 Å². The van der Waals surface area contributed by atoms with Crippen LogP contribution in [-0.4, -0.2) is 50.7 Å². The molecule has 34 heavy (non-hydrogen) atoms. The summed E-state index contributed by atoms with van der Waals surface area (Å²) in [6, 6.07) is 12.5. The summed E-state index contributed by atoms with van der Waals surface area (Å²) in [4.78, 5) is 26.9. The molecule has 2 amide bonds. The Hall–Kier alpha value is -2.78. The number of piperidine rings is 1. The van der Waals surface area contributed by atoms with Crippen LogP contribution in [0.25, 0.3) is 0 Å². The predicted molar refractivity (Wildman–Crippen MR) is 127 cm³/mol. The summed E-state index contributed by atoms with van der Waals surface area (Å²) >= 11 is 0. The number of carbonyl (C=O) groups excluding carboxylic acids is 2. The maximum atomic E-state index is 13.0. The number of carbonyl (C=O) groups is 2. The van der Waals surface area contributed by atoms with Crippen molar-refractivity contribution in [1.82, 2.24) is 9.62 Å². The second-order valence-electron chi connectivity index (χ2n) is 9.15. The molecule has 2 saturated heterocycles. The normalized spacial score (nSPS) is 20.0. The van der Waals surface area contributed by atoms with E-state index in [0.29, 0.717) is 37.7 Å². The molecule has 1 atom stereocenters. The molecule has 0 spiro atoms. The van der Waals surface area contributed by atoms with Gasteiger partial charge in [0.15, 0.2) is 0 Å². The molecular weight excluding hydrogens is 457 g/mol. The average Bonchev–Trinajstić information content (AvgIpc) is 3.22. The minimum absolute atomic E-state index is 0.106. The quantitative estimate of drug-likeness (QED) is 0.651. The molecule has 1 N–H and O–H groups in total. The van der Waals surface area contributed by atoms with E-state index in [1.54, 1.807) is 24.3 Å². The maximum absolute atomic E-state index is 13.0. The van der Waals surface area contributed by atoms with Crippen molar-refractivity contribution < 1.29 is 22.4 Å². The lowest BCUT2D eigenvalue weighted by molar-refractivity contribution is -0.126. The summed E-state index contributed by atoms with van der Waals surface area (Å²) in [5.74, 6) is -0.609. The molecule has 182 valence electrons. The van der Waals surface area contributed by atoms with E-state index in [-0.39, 0.29) is 35.5 Å². The van der Waals surface area contributed by atoms with Crippen molar-refractivity contribution in [2.24, 2.45) is 11.8 Å². The summed E-state index contributed by atoms with van der Waals surface area (Å²) in [5.41, 5.74) is 1.50. The zero-order chi connectivity index (χ0) is 24.3. The van der Waals surface area contributed by atoms with Gasteiger partial charge >= 0.3 is 0 Å². The number of nitrogens with one attached hydrogen (secondary N) is 1. The van der Waals surface area contributed by atoms with E-state index in [1.807, 2.05) is 0 Å². The molecule has 0 unspecified atom stereocenters. The standard InChI is InChI=1S/C25H30FN3O4S/c1-18-11-14-28(15-12-18)34(32,33)23-8-6-22(7-9-23)29-17-20(16-24(29)30)25(31)27-13-10-19-2-4-21(26)5-3-19/h2-9,18,20H,10-17H2,1H3,(H,27,31)/t20-/m1/s1. The minimum Gasteiger partial charge on any atom is -0.355 e. The third-order valence-electron chi connectivity index (χ3n) is 6.65. The number of amides is 2. The van der Waals surface area contributed by atoms with E-state index < -0.39 is 15.9 Å². The number of benzene rings is 2. The monoisotopic (exact) mass is 487 g/mol. The van der Waals surface area contributed by atoms with Gasteiger partial charge in [0.05, 0.1) is 10.8 Å². The van der Waals surface area contributed by atoms with Crippen LogP contribution < -0.4 is 10.2 Å². The van der Waals surface area contributed by atoms with Gasteiger partial charge in [0.1, 0.15) is 5.82 Å². The van der Waals surface area contributed by atoms with Gasteiger partial charge in [-0.25, -0.2) is 12.8 Å². The van der Waals surface area contributed by atoms with Crippen molar-refractivity contribution in [1.29, 1.82) is 0 Å². The van der Waals surface area contributed by atoms with Crippen LogP contribution in [0.1, 0.15) is 31.7 Å². The average molecular weight is 488 g/mol. The van der Waals surface area contributed by atoms with Crippen LogP contribution in [0.5, 0.6) is 0 Å². The highest BCUT2D eigenvalue weighted by molar-refractivity contribution is 7.89. The molecule has 2 aromatic rings. The van der Waals surface area contributed by atoms with Gasteiger partial charge in [0.2, 0.25) is 21.8 Å². The number of anilines is 1. The van der Waals surface area contributed by atoms with E-state index in [0.717, 1.165) is 18.4 Å². The van der Waals surface area contributed by atoms with Crippen LogP contribution in [-0.2, 0) is 26.0 Å². The molecule has 7 nitrogen and oxygen atoms in total. The molecule has 0 saturated carbocycles. The molecule has 0 radical (unpaired) electrons. The third-order valence-corrected chi connectivity index (χ3v) is 8.56. The highest BCUT2D eigenvalue weighted by Crippen LogP contribution is 2.28. The summed E-state index contributed by atoms with van der Waals surface area (Å²) in [6.07, 6.45) is 2.39. The van der Waals surface area contributed by atoms with Gasteiger partial charge in [-0.05, 0) is 67.1 Å². The minimum atomic E-state index is -3.55. The van der Waals surface area contributed by atoms with Crippen molar-refractivity contribution in [3.8, 4) is 0 Å². The molecule has 0 aliphatic carbocycles. The molecule has 4 rings (SSSR count). The molecule has 2 aliphatic heterocycles. The van der Waals surface area contributed by atoms with Gasteiger partial charge in [-0.15, -0.1) is 0 Å². The van der Waals surface area contributed by atoms with Crippen LogP contribution in [0.15, 0.2) is 53.4 Å². The smallest absolute Gasteiger partial charge is 0.243 e. The molecule has 2 aliphatic rings. The third kappa shape index (κ3) is 5.47. The van der Waals surface area contributed by atoms with Crippen molar-refractivity contribution in [2.75, 3.05) is 31.1 Å². The largest absolute Gasteiger partial charge is 0.355 e. The zero-order valence-electron chi connectivity index (χ0n) is 19.2. The highest BCUT2D eigenvalue weighted by Gasteiger charge is 2.35. The Labute approximate surface area is 200 Å². The summed E-state index contributed by atoms with van der Waals surface area (Å²) < 4.78 is 40.4. The first-order chi connectivity index (χ1) is 16.2. The number of halogens is 1. The van der Waals surface area contributed by atoms with Crippen molar-refractivity contribution >= 4 is 27.5 Å². The van der Waals surface area contributed by atoms with Crippen LogP contribution in [0.3, 0.4) is 0 Å². The van der Waals surface area contributed by atoms with E-state index in [2.05, 4.69) is 12.2 Å². The van der Waals surface area contributed by atoms with Crippen LogP contribution in [0.4, 0.5) is 10.1 Å². The van der Waals surface area contributed by atoms with Crippen LogP contribution in [0.2, 0.25) is 0 Å². The van der Waals surface area contributed by atoms with Gasteiger partial charge in [0, 0.05) is 38.3 Å². The Kier molecular flexibility index (Phi) is 7.33.